The molecule has 3 nitrogen and oxygen atoms in total. The molecule has 1 aromatic rings. The number of hydrogen-bond acceptors (Lipinski definition) is 3. The number of alkyl halides is 1. The van der Waals surface area contributed by atoms with Gasteiger partial charge in [-0.25, -0.2) is 0 Å². The van der Waals surface area contributed by atoms with Crippen molar-refractivity contribution in [3.8, 4) is 11.5 Å². The molecule has 0 spiro atoms. The highest BCUT2D eigenvalue weighted by Gasteiger charge is 2.03. The Morgan fingerprint density at radius 3 is 2.50 bits per heavy atom. The van der Waals surface area contributed by atoms with E-state index in [0.717, 1.165) is 36.9 Å². The standard InChI is InChI=1S/C16H26ClNO2/c1-3-19-15-8-4-5-9-16(15)20-12-11-18-10-6-7-14(2)13-17/h4-5,8-9,14,18H,3,6-7,10-13H2,1-2H3. The largest absolute Gasteiger partial charge is 0.490 e. The van der Waals surface area contributed by atoms with Crippen LogP contribution < -0.4 is 14.8 Å². The molecule has 1 aromatic carbocycles. The molecule has 0 saturated carbocycles. The minimum atomic E-state index is 0.604. The molecule has 0 aliphatic carbocycles. The van der Waals surface area contributed by atoms with E-state index in [-0.39, 0.29) is 0 Å². The fourth-order valence-electron chi connectivity index (χ4n) is 1.85. The Morgan fingerprint density at radius 1 is 1.15 bits per heavy atom. The minimum Gasteiger partial charge on any atom is -0.490 e. The lowest BCUT2D eigenvalue weighted by Gasteiger charge is -2.12. The molecule has 0 amide bonds. The zero-order valence-corrected chi connectivity index (χ0v) is 13.3. The third kappa shape index (κ3) is 7.01. The first kappa shape index (κ1) is 17.1. The number of halogens is 1. The van der Waals surface area contributed by atoms with E-state index in [9.17, 15) is 0 Å². The zero-order chi connectivity index (χ0) is 14.6. The van der Waals surface area contributed by atoms with E-state index in [0.29, 0.717) is 19.1 Å². The van der Waals surface area contributed by atoms with E-state index >= 15 is 0 Å². The van der Waals surface area contributed by atoms with Crippen molar-refractivity contribution < 1.29 is 9.47 Å². The summed E-state index contributed by atoms with van der Waals surface area (Å²) in [6, 6.07) is 7.78. The second-order valence-corrected chi connectivity index (χ2v) is 5.19. The van der Waals surface area contributed by atoms with Crippen molar-refractivity contribution in [2.75, 3.05) is 32.2 Å². The molecule has 0 bridgehead atoms. The molecule has 1 N–H and O–H groups in total. The number of benzene rings is 1. The van der Waals surface area contributed by atoms with Gasteiger partial charge in [-0.1, -0.05) is 19.1 Å². The number of rotatable bonds is 11. The Balaban J connectivity index is 2.12. The van der Waals surface area contributed by atoms with Gasteiger partial charge >= 0.3 is 0 Å². The van der Waals surface area contributed by atoms with Crippen molar-refractivity contribution in [1.82, 2.24) is 5.32 Å². The van der Waals surface area contributed by atoms with E-state index in [4.69, 9.17) is 21.1 Å². The first-order valence-corrected chi connectivity index (χ1v) is 7.92. The fraction of sp³-hybridized carbons (Fsp3) is 0.625. The summed E-state index contributed by atoms with van der Waals surface area (Å²) in [6.07, 6.45) is 2.33. The second-order valence-electron chi connectivity index (χ2n) is 4.88. The van der Waals surface area contributed by atoms with Crippen molar-refractivity contribution in [1.29, 1.82) is 0 Å². The monoisotopic (exact) mass is 299 g/mol. The average molecular weight is 300 g/mol. The van der Waals surface area contributed by atoms with E-state index in [1.807, 2.05) is 31.2 Å². The summed E-state index contributed by atoms with van der Waals surface area (Å²) in [7, 11) is 0. The van der Waals surface area contributed by atoms with E-state index in [2.05, 4.69) is 12.2 Å². The topological polar surface area (TPSA) is 30.5 Å². The minimum absolute atomic E-state index is 0.604. The van der Waals surface area contributed by atoms with Crippen molar-refractivity contribution in [2.45, 2.75) is 26.7 Å². The fourth-order valence-corrected chi connectivity index (χ4v) is 2.01. The molecule has 0 radical (unpaired) electrons. The lowest BCUT2D eigenvalue weighted by atomic mass is 10.1. The maximum absolute atomic E-state index is 5.77. The van der Waals surface area contributed by atoms with Gasteiger partial charge in [0.2, 0.25) is 0 Å². The van der Waals surface area contributed by atoms with E-state index in [1.54, 1.807) is 0 Å². The normalized spacial score (nSPS) is 12.2. The van der Waals surface area contributed by atoms with Crippen LogP contribution in [0.5, 0.6) is 11.5 Å². The van der Waals surface area contributed by atoms with Gasteiger partial charge in [0, 0.05) is 12.4 Å². The quantitative estimate of drug-likeness (QED) is 0.499. The van der Waals surface area contributed by atoms with Gasteiger partial charge in [0.15, 0.2) is 11.5 Å². The third-order valence-corrected chi connectivity index (χ3v) is 3.53. The maximum atomic E-state index is 5.77. The van der Waals surface area contributed by atoms with Crippen LogP contribution in [0.4, 0.5) is 0 Å². The molecule has 1 unspecified atom stereocenters. The SMILES string of the molecule is CCOc1ccccc1OCCNCCCC(C)CCl. The van der Waals surface area contributed by atoms with Crippen LogP contribution in [0, 0.1) is 5.92 Å². The average Bonchev–Trinajstić information content (AvgIpc) is 2.47. The molecule has 20 heavy (non-hydrogen) atoms. The maximum Gasteiger partial charge on any atom is 0.161 e. The van der Waals surface area contributed by atoms with Gasteiger partial charge in [-0.15, -0.1) is 11.6 Å². The van der Waals surface area contributed by atoms with Gasteiger partial charge in [0.05, 0.1) is 6.61 Å². The van der Waals surface area contributed by atoms with Crippen LogP contribution >= 0.6 is 11.6 Å². The molecule has 0 aliphatic rings. The van der Waals surface area contributed by atoms with Gasteiger partial charge in [-0.3, -0.25) is 0 Å². The van der Waals surface area contributed by atoms with Crippen molar-refractivity contribution in [3.63, 3.8) is 0 Å². The second kappa shape index (κ2) is 10.8. The van der Waals surface area contributed by atoms with Crippen molar-refractivity contribution in [3.05, 3.63) is 24.3 Å². The number of nitrogens with one attached hydrogen (secondary N) is 1. The van der Waals surface area contributed by atoms with Crippen molar-refractivity contribution in [2.24, 2.45) is 5.92 Å². The molecular weight excluding hydrogens is 274 g/mol. The zero-order valence-electron chi connectivity index (χ0n) is 12.5. The van der Waals surface area contributed by atoms with Crippen LogP contribution in [0.25, 0.3) is 0 Å². The van der Waals surface area contributed by atoms with Gasteiger partial charge < -0.3 is 14.8 Å². The summed E-state index contributed by atoms with van der Waals surface area (Å²) in [4.78, 5) is 0. The summed E-state index contributed by atoms with van der Waals surface area (Å²) in [6.45, 7) is 7.31. The van der Waals surface area contributed by atoms with Crippen molar-refractivity contribution >= 4 is 11.6 Å². The molecule has 1 atom stereocenters. The predicted octanol–water partition coefficient (Wildman–Crippen LogP) is 3.71. The Bertz CT molecular complexity index is 360. The Morgan fingerprint density at radius 2 is 1.85 bits per heavy atom. The first-order valence-electron chi connectivity index (χ1n) is 7.39. The van der Waals surface area contributed by atoms with Crippen LogP contribution in [-0.2, 0) is 0 Å². The molecule has 0 fully saturated rings. The number of para-hydroxylation sites is 2. The van der Waals surface area contributed by atoms with Gasteiger partial charge in [0.25, 0.3) is 0 Å². The van der Waals surface area contributed by atoms with E-state index in [1.165, 1.54) is 6.42 Å². The predicted molar refractivity (Wildman–Crippen MR) is 85.1 cm³/mol. The summed E-state index contributed by atoms with van der Waals surface area (Å²) >= 11 is 5.77. The molecule has 0 aromatic heterocycles. The first-order chi connectivity index (χ1) is 9.77. The van der Waals surface area contributed by atoms with Crippen LogP contribution in [0.3, 0.4) is 0 Å². The number of ether oxygens (including phenoxy) is 2. The Labute approximate surface area is 127 Å². The molecule has 0 heterocycles. The van der Waals surface area contributed by atoms with Crippen LogP contribution in [0.1, 0.15) is 26.7 Å². The summed E-state index contributed by atoms with van der Waals surface area (Å²) < 4.78 is 11.2. The van der Waals surface area contributed by atoms with Crippen LogP contribution in [0.15, 0.2) is 24.3 Å². The third-order valence-electron chi connectivity index (χ3n) is 3.00. The molecule has 0 saturated heterocycles. The highest BCUT2D eigenvalue weighted by molar-refractivity contribution is 6.18. The molecule has 4 heteroatoms. The highest BCUT2D eigenvalue weighted by atomic mass is 35.5. The lowest BCUT2D eigenvalue weighted by Crippen LogP contribution is -2.22. The van der Waals surface area contributed by atoms with Gasteiger partial charge in [-0.05, 0) is 44.4 Å². The van der Waals surface area contributed by atoms with Gasteiger partial charge in [0.1, 0.15) is 6.61 Å². The Kier molecular flexibility index (Phi) is 9.25. The highest BCUT2D eigenvalue weighted by Crippen LogP contribution is 2.25. The molecule has 1 rings (SSSR count). The molecular formula is C16H26ClNO2. The van der Waals surface area contributed by atoms with Gasteiger partial charge in [-0.2, -0.15) is 0 Å². The van der Waals surface area contributed by atoms with Crippen LogP contribution in [0.2, 0.25) is 0 Å². The lowest BCUT2D eigenvalue weighted by molar-refractivity contribution is 0.275. The Hall–Kier alpha value is -0.930. The summed E-state index contributed by atoms with van der Waals surface area (Å²) in [5.41, 5.74) is 0. The summed E-state index contributed by atoms with van der Waals surface area (Å²) in [5, 5.41) is 3.38. The van der Waals surface area contributed by atoms with Crippen LogP contribution in [-0.4, -0.2) is 32.2 Å². The van der Waals surface area contributed by atoms with E-state index < -0.39 is 0 Å². The summed E-state index contributed by atoms with van der Waals surface area (Å²) in [5.74, 6) is 2.97. The number of hydrogen-bond donors (Lipinski definition) is 1. The smallest absolute Gasteiger partial charge is 0.161 e. The molecule has 114 valence electrons. The molecule has 0 aliphatic heterocycles.